The summed E-state index contributed by atoms with van der Waals surface area (Å²) < 4.78 is 5.72. The van der Waals surface area contributed by atoms with Gasteiger partial charge >= 0.3 is 0 Å². The standard InChI is InChI=1S/C17H21NO3S/c19-15-10-18(8-7-17(15)6-3-9-21-17)16(20)13-11-22-14-5-2-1-4-12(13)14/h11H,1-10H2. The molecule has 4 rings (SSSR count). The maximum absolute atomic E-state index is 12.8. The van der Waals surface area contributed by atoms with Gasteiger partial charge < -0.3 is 9.64 Å². The Bertz CT molecular complexity index is 615. The third-order valence-corrected chi connectivity index (χ3v) is 6.40. The molecule has 1 atom stereocenters. The van der Waals surface area contributed by atoms with Crippen molar-refractivity contribution in [1.82, 2.24) is 4.90 Å². The van der Waals surface area contributed by atoms with Crippen LogP contribution in [-0.2, 0) is 22.4 Å². The van der Waals surface area contributed by atoms with E-state index in [4.69, 9.17) is 4.74 Å². The van der Waals surface area contributed by atoms with Crippen molar-refractivity contribution >= 4 is 23.0 Å². The first-order chi connectivity index (χ1) is 10.7. The van der Waals surface area contributed by atoms with Gasteiger partial charge in [-0.05, 0) is 44.1 Å². The van der Waals surface area contributed by atoms with Gasteiger partial charge in [0.05, 0.1) is 12.1 Å². The summed E-state index contributed by atoms with van der Waals surface area (Å²) in [6, 6.07) is 0. The molecule has 0 N–H and O–H groups in total. The zero-order valence-electron chi connectivity index (χ0n) is 12.7. The molecule has 1 unspecified atom stereocenters. The first kappa shape index (κ1) is 14.4. The summed E-state index contributed by atoms with van der Waals surface area (Å²) in [5.41, 5.74) is 1.51. The summed E-state index contributed by atoms with van der Waals surface area (Å²) in [6.07, 6.45) is 6.93. The van der Waals surface area contributed by atoms with Crippen LogP contribution in [0.2, 0.25) is 0 Å². The molecule has 22 heavy (non-hydrogen) atoms. The van der Waals surface area contributed by atoms with E-state index in [1.165, 1.54) is 23.3 Å². The molecule has 3 heterocycles. The second-order valence-corrected chi connectivity index (χ2v) is 7.57. The van der Waals surface area contributed by atoms with E-state index in [2.05, 4.69) is 0 Å². The Labute approximate surface area is 134 Å². The number of piperidine rings is 1. The van der Waals surface area contributed by atoms with Crippen LogP contribution in [0.15, 0.2) is 5.38 Å². The lowest BCUT2D eigenvalue weighted by Crippen LogP contribution is -2.53. The summed E-state index contributed by atoms with van der Waals surface area (Å²) in [5, 5.41) is 2.00. The molecule has 2 saturated heterocycles. The summed E-state index contributed by atoms with van der Waals surface area (Å²) in [6.45, 7) is 1.52. The molecule has 0 bridgehead atoms. The SMILES string of the molecule is O=C(c1csc2c1CCCC2)N1CCC2(CCCO2)C(=O)C1. The normalized spacial score (nSPS) is 28.2. The molecule has 0 radical (unpaired) electrons. The molecule has 4 nitrogen and oxygen atoms in total. The van der Waals surface area contributed by atoms with Crippen molar-refractivity contribution < 1.29 is 14.3 Å². The number of amides is 1. The molecule has 0 aromatic carbocycles. The van der Waals surface area contributed by atoms with Gasteiger partial charge in [-0.3, -0.25) is 9.59 Å². The van der Waals surface area contributed by atoms with Crippen LogP contribution in [0.5, 0.6) is 0 Å². The molecule has 1 aromatic heterocycles. The molecule has 118 valence electrons. The maximum Gasteiger partial charge on any atom is 0.255 e. The van der Waals surface area contributed by atoms with Crippen LogP contribution in [0.4, 0.5) is 0 Å². The molecule has 2 aliphatic heterocycles. The van der Waals surface area contributed by atoms with Gasteiger partial charge in [-0.25, -0.2) is 0 Å². The zero-order valence-corrected chi connectivity index (χ0v) is 13.5. The van der Waals surface area contributed by atoms with Gasteiger partial charge in [0, 0.05) is 29.8 Å². The lowest BCUT2D eigenvalue weighted by atomic mass is 9.87. The predicted octanol–water partition coefficient (Wildman–Crippen LogP) is 2.59. The lowest BCUT2D eigenvalue weighted by Gasteiger charge is -2.37. The second-order valence-electron chi connectivity index (χ2n) is 6.60. The Morgan fingerprint density at radius 2 is 2.09 bits per heavy atom. The van der Waals surface area contributed by atoms with Crippen molar-refractivity contribution in [1.29, 1.82) is 0 Å². The average Bonchev–Trinajstić information content (AvgIpc) is 3.17. The van der Waals surface area contributed by atoms with Crippen molar-refractivity contribution in [2.45, 2.75) is 50.5 Å². The van der Waals surface area contributed by atoms with Crippen molar-refractivity contribution in [2.75, 3.05) is 19.7 Å². The first-order valence-corrected chi connectivity index (χ1v) is 9.13. The second kappa shape index (κ2) is 5.46. The smallest absolute Gasteiger partial charge is 0.255 e. The lowest BCUT2D eigenvalue weighted by molar-refractivity contribution is -0.144. The highest BCUT2D eigenvalue weighted by atomic mass is 32.1. The van der Waals surface area contributed by atoms with Crippen LogP contribution < -0.4 is 0 Å². The number of aryl methyl sites for hydroxylation is 1. The van der Waals surface area contributed by atoms with Crippen LogP contribution in [-0.4, -0.2) is 41.9 Å². The minimum atomic E-state index is -0.579. The third-order valence-electron chi connectivity index (χ3n) is 5.31. The van der Waals surface area contributed by atoms with Crippen molar-refractivity contribution in [2.24, 2.45) is 0 Å². The number of carbonyl (C=O) groups is 2. The van der Waals surface area contributed by atoms with Gasteiger partial charge in [0.25, 0.3) is 5.91 Å². The number of likely N-dealkylation sites (tertiary alicyclic amines) is 1. The maximum atomic E-state index is 12.8. The number of carbonyl (C=O) groups excluding carboxylic acids is 2. The number of fused-ring (bicyclic) bond motifs is 1. The number of rotatable bonds is 1. The van der Waals surface area contributed by atoms with E-state index in [0.717, 1.165) is 31.2 Å². The summed E-state index contributed by atoms with van der Waals surface area (Å²) in [4.78, 5) is 28.4. The van der Waals surface area contributed by atoms with Gasteiger partial charge in [-0.2, -0.15) is 0 Å². The van der Waals surface area contributed by atoms with Crippen molar-refractivity contribution in [3.8, 4) is 0 Å². The summed E-state index contributed by atoms with van der Waals surface area (Å²) in [5.74, 6) is 0.134. The number of Topliss-reactive ketones (excluding diaryl/α,β-unsaturated/α-hetero) is 1. The molecule has 5 heteroatoms. The van der Waals surface area contributed by atoms with E-state index in [1.54, 1.807) is 16.2 Å². The Balaban J connectivity index is 1.52. The fourth-order valence-corrected chi connectivity index (χ4v) is 5.10. The molecule has 1 spiro atoms. The monoisotopic (exact) mass is 319 g/mol. The minimum Gasteiger partial charge on any atom is -0.367 e. The van der Waals surface area contributed by atoms with Crippen LogP contribution in [0.3, 0.4) is 0 Å². The Kier molecular flexibility index (Phi) is 3.57. The highest BCUT2D eigenvalue weighted by Gasteiger charge is 2.46. The Morgan fingerprint density at radius 3 is 2.86 bits per heavy atom. The molecule has 1 amide bonds. The Morgan fingerprint density at radius 1 is 1.23 bits per heavy atom. The van der Waals surface area contributed by atoms with E-state index < -0.39 is 5.60 Å². The van der Waals surface area contributed by atoms with Gasteiger partial charge in [0.15, 0.2) is 5.78 Å². The van der Waals surface area contributed by atoms with E-state index in [9.17, 15) is 9.59 Å². The molecule has 0 saturated carbocycles. The highest BCUT2D eigenvalue weighted by Crippen LogP contribution is 2.35. The topological polar surface area (TPSA) is 46.6 Å². The number of ketones is 1. The van der Waals surface area contributed by atoms with Gasteiger partial charge in [0.1, 0.15) is 5.60 Å². The van der Waals surface area contributed by atoms with Gasteiger partial charge in [0.2, 0.25) is 0 Å². The van der Waals surface area contributed by atoms with Gasteiger partial charge in [-0.1, -0.05) is 0 Å². The number of thiophene rings is 1. The van der Waals surface area contributed by atoms with Gasteiger partial charge in [-0.15, -0.1) is 11.3 Å². The highest BCUT2D eigenvalue weighted by molar-refractivity contribution is 7.10. The first-order valence-electron chi connectivity index (χ1n) is 8.25. The quantitative estimate of drug-likeness (QED) is 0.799. The molecular formula is C17H21NO3S. The fourth-order valence-electron chi connectivity index (χ4n) is 3.98. The molecule has 3 aliphatic rings. The van der Waals surface area contributed by atoms with Crippen LogP contribution in [0.1, 0.15) is 52.9 Å². The molecule has 2 fully saturated rings. The van der Waals surface area contributed by atoms with E-state index in [0.29, 0.717) is 19.6 Å². The van der Waals surface area contributed by atoms with Crippen LogP contribution in [0, 0.1) is 0 Å². The third kappa shape index (κ3) is 2.22. The van der Waals surface area contributed by atoms with Crippen molar-refractivity contribution in [3.05, 3.63) is 21.4 Å². The van der Waals surface area contributed by atoms with Crippen LogP contribution in [0.25, 0.3) is 0 Å². The largest absolute Gasteiger partial charge is 0.367 e. The predicted molar refractivity (Wildman–Crippen MR) is 84.4 cm³/mol. The molecule has 1 aliphatic carbocycles. The van der Waals surface area contributed by atoms with E-state index in [1.807, 2.05) is 5.38 Å². The van der Waals surface area contributed by atoms with Crippen LogP contribution >= 0.6 is 11.3 Å². The average molecular weight is 319 g/mol. The zero-order chi connectivity index (χ0) is 15.2. The van der Waals surface area contributed by atoms with E-state index >= 15 is 0 Å². The molecule has 1 aromatic rings. The van der Waals surface area contributed by atoms with Crippen molar-refractivity contribution in [3.63, 3.8) is 0 Å². The summed E-state index contributed by atoms with van der Waals surface area (Å²) in [7, 11) is 0. The minimum absolute atomic E-state index is 0.0422. The summed E-state index contributed by atoms with van der Waals surface area (Å²) >= 11 is 1.71. The Hall–Kier alpha value is -1.20. The van der Waals surface area contributed by atoms with E-state index in [-0.39, 0.29) is 18.2 Å². The molecular weight excluding hydrogens is 298 g/mol. The number of nitrogens with zero attached hydrogens (tertiary/aromatic N) is 1. The number of hydrogen-bond donors (Lipinski definition) is 0. The fraction of sp³-hybridized carbons (Fsp3) is 0.647. The number of hydrogen-bond acceptors (Lipinski definition) is 4. The number of ether oxygens (including phenoxy) is 1.